The van der Waals surface area contributed by atoms with Gasteiger partial charge in [-0.3, -0.25) is 0 Å². The molecular weight excluding hydrogens is 184 g/mol. The van der Waals surface area contributed by atoms with Crippen LogP contribution in [0.4, 0.5) is 11.4 Å². The van der Waals surface area contributed by atoms with Gasteiger partial charge in [0.25, 0.3) is 0 Å². The number of hydrogen-bond donors (Lipinski definition) is 1. The van der Waals surface area contributed by atoms with Crippen molar-refractivity contribution in [3.8, 4) is 0 Å². The third-order valence-electron chi connectivity index (χ3n) is 2.86. The van der Waals surface area contributed by atoms with Gasteiger partial charge in [-0.2, -0.15) is 0 Å². The van der Waals surface area contributed by atoms with E-state index in [0.717, 1.165) is 12.2 Å². The molecule has 1 aromatic rings. The van der Waals surface area contributed by atoms with Gasteiger partial charge in [-0.15, -0.1) is 0 Å². The third kappa shape index (κ3) is 3.15. The fraction of sp³-hybridized carbons (Fsp3) is 0.538. The molecule has 0 unspecified atom stereocenters. The molecule has 0 atom stereocenters. The maximum atomic E-state index is 5.89. The molecule has 0 aliphatic rings. The quantitative estimate of drug-likeness (QED) is 0.592. The molecule has 0 bridgehead atoms. The summed E-state index contributed by atoms with van der Waals surface area (Å²) in [5.41, 5.74) is 9.22. The summed E-state index contributed by atoms with van der Waals surface area (Å²) in [4.78, 5) is 2.29. The number of nitrogen functional groups attached to an aromatic ring is 1. The van der Waals surface area contributed by atoms with Gasteiger partial charge in [0.05, 0.1) is 0 Å². The standard InChI is InChI=1S/C13H22N2/c1-4-5-6-10-15(3)13-9-7-8-12(14)11(13)2/h7-9H,4-6,10,14H2,1-3H3. The summed E-state index contributed by atoms with van der Waals surface area (Å²) in [5, 5.41) is 0. The van der Waals surface area contributed by atoms with Crippen molar-refractivity contribution in [2.24, 2.45) is 0 Å². The summed E-state index contributed by atoms with van der Waals surface area (Å²) in [7, 11) is 2.14. The number of hydrogen-bond acceptors (Lipinski definition) is 2. The summed E-state index contributed by atoms with van der Waals surface area (Å²) in [6.07, 6.45) is 3.82. The van der Waals surface area contributed by atoms with Crippen molar-refractivity contribution in [1.82, 2.24) is 0 Å². The fourth-order valence-corrected chi connectivity index (χ4v) is 1.77. The highest BCUT2D eigenvalue weighted by atomic mass is 15.1. The monoisotopic (exact) mass is 206 g/mol. The first kappa shape index (κ1) is 11.9. The average Bonchev–Trinajstić information content (AvgIpc) is 2.22. The molecule has 0 amide bonds. The van der Waals surface area contributed by atoms with E-state index in [4.69, 9.17) is 5.73 Å². The fourth-order valence-electron chi connectivity index (χ4n) is 1.77. The van der Waals surface area contributed by atoms with Crippen molar-refractivity contribution >= 4 is 11.4 Å². The van der Waals surface area contributed by atoms with E-state index < -0.39 is 0 Å². The summed E-state index contributed by atoms with van der Waals surface area (Å²) in [6, 6.07) is 6.12. The van der Waals surface area contributed by atoms with Crippen LogP contribution in [0.3, 0.4) is 0 Å². The van der Waals surface area contributed by atoms with Crippen LogP contribution >= 0.6 is 0 Å². The Bertz CT molecular complexity index is 307. The van der Waals surface area contributed by atoms with E-state index in [1.165, 1.54) is 30.5 Å². The Morgan fingerprint density at radius 2 is 2.00 bits per heavy atom. The third-order valence-corrected chi connectivity index (χ3v) is 2.86. The van der Waals surface area contributed by atoms with Gasteiger partial charge in [-0.05, 0) is 31.0 Å². The van der Waals surface area contributed by atoms with Crippen molar-refractivity contribution in [2.75, 3.05) is 24.2 Å². The lowest BCUT2D eigenvalue weighted by Gasteiger charge is -2.22. The van der Waals surface area contributed by atoms with Crippen LogP contribution in [0.5, 0.6) is 0 Å². The van der Waals surface area contributed by atoms with Gasteiger partial charge in [0.1, 0.15) is 0 Å². The molecule has 15 heavy (non-hydrogen) atoms. The number of nitrogens with zero attached hydrogens (tertiary/aromatic N) is 1. The molecule has 0 aliphatic heterocycles. The van der Waals surface area contributed by atoms with Gasteiger partial charge in [-0.25, -0.2) is 0 Å². The molecule has 0 aliphatic carbocycles. The Labute approximate surface area is 93.1 Å². The van der Waals surface area contributed by atoms with E-state index in [0.29, 0.717) is 0 Å². The lowest BCUT2D eigenvalue weighted by molar-refractivity contribution is 0.704. The van der Waals surface area contributed by atoms with Crippen LogP contribution in [0.2, 0.25) is 0 Å². The number of nitrogens with two attached hydrogens (primary N) is 1. The van der Waals surface area contributed by atoms with Crippen LogP contribution in [0.15, 0.2) is 18.2 Å². The van der Waals surface area contributed by atoms with Crippen LogP contribution in [-0.4, -0.2) is 13.6 Å². The maximum Gasteiger partial charge on any atom is 0.0414 e. The number of rotatable bonds is 5. The first-order valence-corrected chi connectivity index (χ1v) is 5.73. The molecule has 2 N–H and O–H groups in total. The molecule has 0 heterocycles. The van der Waals surface area contributed by atoms with Crippen molar-refractivity contribution in [3.05, 3.63) is 23.8 Å². The van der Waals surface area contributed by atoms with Gasteiger partial charge in [-0.1, -0.05) is 25.8 Å². The van der Waals surface area contributed by atoms with Gasteiger partial charge in [0.15, 0.2) is 0 Å². The van der Waals surface area contributed by atoms with E-state index in [1.54, 1.807) is 0 Å². The average molecular weight is 206 g/mol. The lowest BCUT2D eigenvalue weighted by atomic mass is 10.1. The van der Waals surface area contributed by atoms with Gasteiger partial charge in [0, 0.05) is 25.0 Å². The van der Waals surface area contributed by atoms with E-state index in [9.17, 15) is 0 Å². The first-order valence-electron chi connectivity index (χ1n) is 5.73. The molecule has 2 heteroatoms. The van der Waals surface area contributed by atoms with Gasteiger partial charge >= 0.3 is 0 Å². The highest BCUT2D eigenvalue weighted by Crippen LogP contribution is 2.23. The molecule has 0 aromatic heterocycles. The Hall–Kier alpha value is -1.18. The minimum absolute atomic E-state index is 0.884. The molecule has 0 spiro atoms. The highest BCUT2D eigenvalue weighted by Gasteiger charge is 2.05. The summed E-state index contributed by atoms with van der Waals surface area (Å²) >= 11 is 0. The zero-order chi connectivity index (χ0) is 11.3. The summed E-state index contributed by atoms with van der Waals surface area (Å²) in [6.45, 7) is 5.42. The van der Waals surface area contributed by atoms with Crippen LogP contribution in [0.25, 0.3) is 0 Å². The van der Waals surface area contributed by atoms with E-state index in [2.05, 4.69) is 31.9 Å². The van der Waals surface area contributed by atoms with Crippen molar-refractivity contribution < 1.29 is 0 Å². The summed E-state index contributed by atoms with van der Waals surface area (Å²) < 4.78 is 0. The summed E-state index contributed by atoms with van der Waals surface area (Å²) in [5.74, 6) is 0. The topological polar surface area (TPSA) is 29.3 Å². The highest BCUT2D eigenvalue weighted by molar-refractivity contribution is 5.63. The largest absolute Gasteiger partial charge is 0.398 e. The number of benzene rings is 1. The van der Waals surface area contributed by atoms with Crippen LogP contribution < -0.4 is 10.6 Å². The Balaban J connectivity index is 2.65. The molecule has 2 nitrogen and oxygen atoms in total. The predicted octanol–water partition coefficient (Wildman–Crippen LogP) is 3.20. The van der Waals surface area contributed by atoms with Crippen molar-refractivity contribution in [3.63, 3.8) is 0 Å². The smallest absolute Gasteiger partial charge is 0.0414 e. The maximum absolute atomic E-state index is 5.89. The number of unbranched alkanes of at least 4 members (excludes halogenated alkanes) is 2. The first-order chi connectivity index (χ1) is 7.16. The van der Waals surface area contributed by atoms with Crippen molar-refractivity contribution in [2.45, 2.75) is 33.1 Å². The van der Waals surface area contributed by atoms with Crippen LogP contribution in [0, 0.1) is 6.92 Å². The van der Waals surface area contributed by atoms with Crippen LogP contribution in [-0.2, 0) is 0 Å². The minimum Gasteiger partial charge on any atom is -0.398 e. The van der Waals surface area contributed by atoms with Gasteiger partial charge < -0.3 is 10.6 Å². The van der Waals surface area contributed by atoms with E-state index in [-0.39, 0.29) is 0 Å². The zero-order valence-corrected chi connectivity index (χ0v) is 10.1. The molecule has 1 rings (SSSR count). The normalized spacial score (nSPS) is 10.3. The molecule has 0 fully saturated rings. The second kappa shape index (κ2) is 5.64. The van der Waals surface area contributed by atoms with E-state index >= 15 is 0 Å². The van der Waals surface area contributed by atoms with Crippen LogP contribution in [0.1, 0.15) is 31.7 Å². The lowest BCUT2D eigenvalue weighted by Crippen LogP contribution is -2.19. The Morgan fingerprint density at radius 3 is 2.67 bits per heavy atom. The molecule has 1 aromatic carbocycles. The molecule has 0 saturated heterocycles. The number of anilines is 2. The van der Waals surface area contributed by atoms with E-state index in [1.807, 2.05) is 12.1 Å². The Morgan fingerprint density at radius 1 is 1.27 bits per heavy atom. The van der Waals surface area contributed by atoms with Gasteiger partial charge in [0.2, 0.25) is 0 Å². The second-order valence-electron chi connectivity index (χ2n) is 4.12. The predicted molar refractivity (Wildman–Crippen MR) is 68.4 cm³/mol. The zero-order valence-electron chi connectivity index (χ0n) is 10.1. The molecule has 84 valence electrons. The Kier molecular flexibility index (Phi) is 4.47. The van der Waals surface area contributed by atoms with Crippen molar-refractivity contribution in [1.29, 1.82) is 0 Å². The molecule has 0 saturated carbocycles. The minimum atomic E-state index is 0.884. The second-order valence-corrected chi connectivity index (χ2v) is 4.12. The SMILES string of the molecule is CCCCCN(C)c1cccc(N)c1C. The molecular formula is C13H22N2. The molecule has 0 radical (unpaired) electrons.